The van der Waals surface area contributed by atoms with Gasteiger partial charge in [-0.3, -0.25) is 0 Å². The predicted molar refractivity (Wildman–Crippen MR) is 46.6 cm³/mol. The number of benzene rings is 1. The second-order valence-electron chi connectivity index (χ2n) is 2.09. The average molecular weight is 208 g/mol. The zero-order valence-electron chi connectivity index (χ0n) is 5.82. The molecule has 1 unspecified atom stereocenters. The summed E-state index contributed by atoms with van der Waals surface area (Å²) in [4.78, 5) is -0.0524. The Kier molecular flexibility index (Phi) is 2.56. The molecule has 66 valence electrons. The first-order chi connectivity index (χ1) is 5.52. The molecule has 0 radical (unpaired) electrons. The summed E-state index contributed by atoms with van der Waals surface area (Å²) < 4.78 is 19.2. The summed E-state index contributed by atoms with van der Waals surface area (Å²) in [5.41, 5.74) is 5.35. The summed E-state index contributed by atoms with van der Waals surface area (Å²) in [5, 5.41) is 9.11. The van der Waals surface area contributed by atoms with Crippen molar-refractivity contribution in [2.75, 3.05) is 5.73 Å². The molecule has 0 aliphatic carbocycles. The first-order valence-electron chi connectivity index (χ1n) is 2.91. The van der Waals surface area contributed by atoms with Gasteiger partial charge >= 0.3 is 0 Å². The minimum absolute atomic E-state index is 0.0524. The molecule has 0 aliphatic rings. The molecule has 12 heavy (non-hydrogen) atoms. The second-order valence-corrected chi connectivity index (χ2v) is 3.44. The lowest BCUT2D eigenvalue weighted by molar-refractivity contribution is 0.475. The van der Waals surface area contributed by atoms with Crippen LogP contribution in [0.15, 0.2) is 17.0 Å². The van der Waals surface area contributed by atoms with Gasteiger partial charge in [0.05, 0.1) is 15.6 Å². The maximum Gasteiger partial charge on any atom is 0.188 e. The first-order valence-corrected chi connectivity index (χ1v) is 4.39. The van der Waals surface area contributed by atoms with Gasteiger partial charge in [0.25, 0.3) is 0 Å². The van der Waals surface area contributed by atoms with Crippen molar-refractivity contribution in [3.05, 3.63) is 17.2 Å². The number of anilines is 1. The Morgan fingerprint density at radius 3 is 2.58 bits per heavy atom. The third-order valence-corrected chi connectivity index (χ3v) is 2.41. The molecule has 4 N–H and O–H groups in total. The van der Waals surface area contributed by atoms with Gasteiger partial charge in [0.1, 0.15) is 5.75 Å². The molecule has 0 saturated carbocycles. The van der Waals surface area contributed by atoms with Crippen LogP contribution in [-0.4, -0.2) is 13.9 Å². The highest BCUT2D eigenvalue weighted by atomic mass is 35.5. The summed E-state index contributed by atoms with van der Waals surface area (Å²) in [6.07, 6.45) is 0. The van der Waals surface area contributed by atoms with Crippen molar-refractivity contribution in [3.63, 3.8) is 0 Å². The molecule has 0 amide bonds. The standard InChI is InChI=1S/C6H6ClNO3S/c7-3-1-4(8)5(9)2-6(3)12(10)11/h1-2,9H,8H2,(H,10,11). The second kappa shape index (κ2) is 3.30. The molecule has 0 heterocycles. The van der Waals surface area contributed by atoms with Crippen molar-refractivity contribution in [1.82, 2.24) is 0 Å². The normalized spacial score (nSPS) is 12.8. The Balaban J connectivity index is 3.33. The molecule has 0 fully saturated rings. The SMILES string of the molecule is Nc1cc(Cl)c(S(=O)O)cc1O. The number of hydrogen-bond donors (Lipinski definition) is 3. The van der Waals surface area contributed by atoms with E-state index in [1.165, 1.54) is 6.07 Å². The largest absolute Gasteiger partial charge is 0.506 e. The Hall–Kier alpha value is -0.780. The van der Waals surface area contributed by atoms with Crippen molar-refractivity contribution >= 4 is 28.4 Å². The van der Waals surface area contributed by atoms with Gasteiger partial charge in [0.2, 0.25) is 0 Å². The summed E-state index contributed by atoms with van der Waals surface area (Å²) in [5.74, 6) is -0.253. The Bertz CT molecular complexity index is 342. The van der Waals surface area contributed by atoms with E-state index >= 15 is 0 Å². The molecule has 4 nitrogen and oxygen atoms in total. The molecule has 1 aromatic rings. The zero-order valence-corrected chi connectivity index (χ0v) is 7.39. The Labute approximate surface area is 76.2 Å². The number of nitrogen functional groups attached to an aromatic ring is 1. The van der Waals surface area contributed by atoms with E-state index in [2.05, 4.69) is 0 Å². The fourth-order valence-corrected chi connectivity index (χ4v) is 1.50. The Morgan fingerprint density at radius 1 is 1.50 bits per heavy atom. The molecular formula is C6H6ClNO3S. The molecule has 0 saturated heterocycles. The van der Waals surface area contributed by atoms with E-state index in [9.17, 15) is 4.21 Å². The zero-order chi connectivity index (χ0) is 9.30. The van der Waals surface area contributed by atoms with E-state index in [-0.39, 0.29) is 21.4 Å². The third kappa shape index (κ3) is 1.69. The van der Waals surface area contributed by atoms with Crippen LogP contribution in [0, 0.1) is 0 Å². The number of rotatable bonds is 1. The molecule has 6 heteroatoms. The van der Waals surface area contributed by atoms with E-state index in [1.54, 1.807) is 0 Å². The van der Waals surface area contributed by atoms with Gasteiger partial charge in [-0.2, -0.15) is 0 Å². The van der Waals surface area contributed by atoms with Crippen LogP contribution in [0.5, 0.6) is 5.75 Å². The number of halogens is 1. The highest BCUT2D eigenvalue weighted by Gasteiger charge is 2.09. The van der Waals surface area contributed by atoms with E-state index in [1.807, 2.05) is 0 Å². The fraction of sp³-hybridized carbons (Fsp3) is 0. The minimum Gasteiger partial charge on any atom is -0.506 e. The van der Waals surface area contributed by atoms with Gasteiger partial charge in [0.15, 0.2) is 11.1 Å². The van der Waals surface area contributed by atoms with Crippen molar-refractivity contribution in [2.24, 2.45) is 0 Å². The van der Waals surface area contributed by atoms with Crippen molar-refractivity contribution in [2.45, 2.75) is 4.90 Å². The Morgan fingerprint density at radius 2 is 2.08 bits per heavy atom. The van der Waals surface area contributed by atoms with E-state index in [0.29, 0.717) is 0 Å². The van der Waals surface area contributed by atoms with E-state index in [4.69, 9.17) is 27.0 Å². The predicted octanol–water partition coefficient (Wildman–Crippen LogP) is 1.21. The molecule has 0 spiro atoms. The van der Waals surface area contributed by atoms with Gasteiger partial charge in [-0.1, -0.05) is 11.6 Å². The first kappa shape index (κ1) is 9.31. The van der Waals surface area contributed by atoms with Crippen LogP contribution < -0.4 is 5.73 Å². The highest BCUT2D eigenvalue weighted by Crippen LogP contribution is 2.29. The van der Waals surface area contributed by atoms with Crippen molar-refractivity contribution in [1.29, 1.82) is 0 Å². The van der Waals surface area contributed by atoms with Crippen molar-refractivity contribution < 1.29 is 13.9 Å². The van der Waals surface area contributed by atoms with Gasteiger partial charge in [-0.15, -0.1) is 0 Å². The topological polar surface area (TPSA) is 83.6 Å². The van der Waals surface area contributed by atoms with Gasteiger partial charge in [0, 0.05) is 6.07 Å². The number of phenolic OH excluding ortho intramolecular Hbond substituents is 1. The summed E-state index contributed by atoms with van der Waals surface area (Å²) in [6, 6.07) is 2.29. The monoisotopic (exact) mass is 207 g/mol. The lowest BCUT2D eigenvalue weighted by Crippen LogP contribution is -1.92. The molecular weight excluding hydrogens is 202 g/mol. The number of phenols is 1. The lowest BCUT2D eigenvalue weighted by Gasteiger charge is -2.02. The van der Waals surface area contributed by atoms with Crippen molar-refractivity contribution in [3.8, 4) is 5.75 Å². The maximum absolute atomic E-state index is 10.6. The average Bonchev–Trinajstić information content (AvgIpc) is 1.96. The number of nitrogens with two attached hydrogens (primary N) is 1. The smallest absolute Gasteiger partial charge is 0.188 e. The van der Waals surface area contributed by atoms with Crippen LogP contribution in [0.25, 0.3) is 0 Å². The highest BCUT2D eigenvalue weighted by molar-refractivity contribution is 7.79. The molecule has 0 bridgehead atoms. The molecule has 0 aliphatic heterocycles. The summed E-state index contributed by atoms with van der Waals surface area (Å²) in [6.45, 7) is 0. The van der Waals surface area contributed by atoms with Gasteiger partial charge in [-0.25, -0.2) is 4.21 Å². The van der Waals surface area contributed by atoms with Crippen LogP contribution >= 0.6 is 11.6 Å². The molecule has 1 aromatic carbocycles. The molecule has 0 aromatic heterocycles. The maximum atomic E-state index is 10.6. The van der Waals surface area contributed by atoms with Crippen LogP contribution in [-0.2, 0) is 11.1 Å². The number of hydrogen-bond acceptors (Lipinski definition) is 3. The molecule has 1 rings (SSSR count). The quantitative estimate of drug-likeness (QED) is 0.367. The lowest BCUT2D eigenvalue weighted by atomic mass is 10.3. The summed E-state index contributed by atoms with van der Waals surface area (Å²) >= 11 is 3.35. The summed E-state index contributed by atoms with van der Waals surface area (Å²) in [7, 11) is 0. The fourth-order valence-electron chi connectivity index (χ4n) is 0.692. The van der Waals surface area contributed by atoms with Crippen LogP contribution in [0.3, 0.4) is 0 Å². The molecule has 1 atom stereocenters. The van der Waals surface area contributed by atoms with Gasteiger partial charge < -0.3 is 15.4 Å². The number of aromatic hydroxyl groups is 1. The van der Waals surface area contributed by atoms with Crippen LogP contribution in [0.4, 0.5) is 5.69 Å². The third-order valence-electron chi connectivity index (χ3n) is 1.27. The van der Waals surface area contributed by atoms with Gasteiger partial charge in [-0.05, 0) is 6.07 Å². The van der Waals surface area contributed by atoms with E-state index < -0.39 is 11.1 Å². The van der Waals surface area contributed by atoms with Crippen LogP contribution in [0.2, 0.25) is 5.02 Å². The van der Waals surface area contributed by atoms with Crippen LogP contribution in [0.1, 0.15) is 0 Å². The van der Waals surface area contributed by atoms with E-state index in [0.717, 1.165) is 6.07 Å². The minimum atomic E-state index is -2.21.